The molecule has 2 aromatic rings. The van der Waals surface area contributed by atoms with Crippen LogP contribution in [0.3, 0.4) is 0 Å². The molecule has 2 aromatic carbocycles. The van der Waals surface area contributed by atoms with E-state index in [1.165, 1.54) is 18.3 Å². The Morgan fingerprint density at radius 2 is 1.90 bits per heavy atom. The van der Waals surface area contributed by atoms with Crippen LogP contribution in [0.2, 0.25) is 5.02 Å². The minimum absolute atomic E-state index is 0.0409. The molecule has 2 rings (SSSR count). The van der Waals surface area contributed by atoms with Gasteiger partial charge in [-0.2, -0.15) is 0 Å². The van der Waals surface area contributed by atoms with E-state index in [-0.39, 0.29) is 12.3 Å². The van der Waals surface area contributed by atoms with E-state index in [2.05, 4.69) is 5.16 Å². The molecule has 102 valence electrons. The molecule has 0 aromatic heterocycles. The SMILES string of the molecule is O=[N+]([O-])c1ccc(/C=N/OCc2ccccc2Cl)cc1. The lowest BCUT2D eigenvalue weighted by Gasteiger charge is -2.01. The summed E-state index contributed by atoms with van der Waals surface area (Å²) in [7, 11) is 0. The number of non-ortho nitro benzene ring substituents is 1. The molecule has 0 saturated carbocycles. The Kier molecular flexibility index (Phi) is 4.68. The predicted octanol–water partition coefficient (Wildman–Crippen LogP) is 3.80. The summed E-state index contributed by atoms with van der Waals surface area (Å²) in [5.41, 5.74) is 1.60. The molecular weight excluding hydrogens is 280 g/mol. The molecule has 0 bridgehead atoms. The molecule has 0 aliphatic carbocycles. The molecule has 0 amide bonds. The molecule has 6 heteroatoms. The zero-order valence-electron chi connectivity index (χ0n) is 10.4. The highest BCUT2D eigenvalue weighted by Crippen LogP contribution is 2.15. The quantitative estimate of drug-likeness (QED) is 0.478. The summed E-state index contributed by atoms with van der Waals surface area (Å²) in [6.45, 7) is 0.267. The van der Waals surface area contributed by atoms with Gasteiger partial charge in [0, 0.05) is 22.7 Å². The number of nitro groups is 1. The third kappa shape index (κ3) is 3.80. The summed E-state index contributed by atoms with van der Waals surface area (Å²) < 4.78 is 0. The zero-order valence-corrected chi connectivity index (χ0v) is 11.2. The first kappa shape index (κ1) is 14.0. The van der Waals surface area contributed by atoms with E-state index in [0.29, 0.717) is 5.02 Å². The van der Waals surface area contributed by atoms with E-state index >= 15 is 0 Å². The average Bonchev–Trinajstić information content (AvgIpc) is 2.46. The topological polar surface area (TPSA) is 64.7 Å². The number of oxime groups is 1. The molecule has 20 heavy (non-hydrogen) atoms. The fraction of sp³-hybridized carbons (Fsp3) is 0.0714. The van der Waals surface area contributed by atoms with Gasteiger partial charge in [0.05, 0.1) is 11.1 Å². The summed E-state index contributed by atoms with van der Waals surface area (Å²) in [6, 6.07) is 13.4. The molecule has 0 N–H and O–H groups in total. The van der Waals surface area contributed by atoms with Gasteiger partial charge in [-0.05, 0) is 23.8 Å². The largest absolute Gasteiger partial charge is 0.391 e. The Hall–Kier alpha value is -2.40. The standard InChI is InChI=1S/C14H11ClN2O3/c15-14-4-2-1-3-12(14)10-20-16-9-11-5-7-13(8-6-11)17(18)19/h1-9H,10H2/b16-9+. The van der Waals surface area contributed by atoms with Gasteiger partial charge in [-0.3, -0.25) is 10.1 Å². The van der Waals surface area contributed by atoms with Crippen molar-refractivity contribution in [3.63, 3.8) is 0 Å². The molecule has 0 aliphatic rings. The first-order valence-corrected chi connectivity index (χ1v) is 6.18. The molecule has 0 radical (unpaired) electrons. The number of rotatable bonds is 5. The highest BCUT2D eigenvalue weighted by Gasteiger charge is 2.02. The summed E-state index contributed by atoms with van der Waals surface area (Å²) in [6.07, 6.45) is 1.49. The molecule has 0 spiro atoms. The average molecular weight is 291 g/mol. The molecular formula is C14H11ClN2O3. The van der Waals surface area contributed by atoms with Crippen LogP contribution in [0.1, 0.15) is 11.1 Å². The number of hydrogen-bond acceptors (Lipinski definition) is 4. The van der Waals surface area contributed by atoms with Crippen molar-refractivity contribution in [1.29, 1.82) is 0 Å². The van der Waals surface area contributed by atoms with E-state index in [1.807, 2.05) is 18.2 Å². The maximum Gasteiger partial charge on any atom is 0.269 e. The Balaban J connectivity index is 1.90. The minimum atomic E-state index is -0.450. The zero-order chi connectivity index (χ0) is 14.4. The summed E-state index contributed by atoms with van der Waals surface area (Å²) >= 11 is 5.97. The lowest BCUT2D eigenvalue weighted by atomic mass is 10.2. The number of halogens is 1. The van der Waals surface area contributed by atoms with Gasteiger partial charge < -0.3 is 4.84 Å². The molecule has 0 fully saturated rings. The monoisotopic (exact) mass is 290 g/mol. The van der Waals surface area contributed by atoms with Crippen molar-refractivity contribution in [3.8, 4) is 0 Å². The molecule has 0 heterocycles. The Morgan fingerprint density at radius 1 is 1.20 bits per heavy atom. The maximum absolute atomic E-state index is 10.5. The van der Waals surface area contributed by atoms with Gasteiger partial charge in [0.25, 0.3) is 5.69 Å². The highest BCUT2D eigenvalue weighted by atomic mass is 35.5. The Bertz CT molecular complexity index is 627. The van der Waals surface area contributed by atoms with Crippen LogP contribution in [0.25, 0.3) is 0 Å². The fourth-order valence-electron chi connectivity index (χ4n) is 1.50. The minimum Gasteiger partial charge on any atom is -0.391 e. The van der Waals surface area contributed by atoms with Crippen LogP contribution in [-0.4, -0.2) is 11.1 Å². The first-order valence-electron chi connectivity index (χ1n) is 5.80. The van der Waals surface area contributed by atoms with Gasteiger partial charge in [-0.15, -0.1) is 0 Å². The van der Waals surface area contributed by atoms with Crippen molar-refractivity contribution in [2.24, 2.45) is 5.16 Å². The van der Waals surface area contributed by atoms with Crippen LogP contribution >= 0.6 is 11.6 Å². The summed E-state index contributed by atoms with van der Waals surface area (Å²) in [5.74, 6) is 0. The highest BCUT2D eigenvalue weighted by molar-refractivity contribution is 6.31. The molecule has 0 unspecified atom stereocenters. The van der Waals surface area contributed by atoms with Crippen molar-refractivity contribution in [3.05, 3.63) is 74.8 Å². The Labute approximate surface area is 120 Å². The first-order chi connectivity index (χ1) is 9.66. The van der Waals surface area contributed by atoms with Gasteiger partial charge in [-0.25, -0.2) is 0 Å². The van der Waals surface area contributed by atoms with Gasteiger partial charge in [0.15, 0.2) is 0 Å². The van der Waals surface area contributed by atoms with Gasteiger partial charge in [-0.1, -0.05) is 35.0 Å². The second-order valence-corrected chi connectivity index (χ2v) is 4.36. The lowest BCUT2D eigenvalue weighted by Crippen LogP contribution is -1.90. The van der Waals surface area contributed by atoms with Crippen molar-refractivity contribution in [1.82, 2.24) is 0 Å². The summed E-state index contributed by atoms with van der Waals surface area (Å²) in [5, 5.41) is 14.9. The smallest absolute Gasteiger partial charge is 0.269 e. The van der Waals surface area contributed by atoms with Crippen LogP contribution < -0.4 is 0 Å². The van der Waals surface area contributed by atoms with Crippen LogP contribution in [0.15, 0.2) is 53.7 Å². The van der Waals surface area contributed by atoms with Crippen LogP contribution in [0.4, 0.5) is 5.69 Å². The molecule has 5 nitrogen and oxygen atoms in total. The van der Waals surface area contributed by atoms with Crippen LogP contribution in [0.5, 0.6) is 0 Å². The Morgan fingerprint density at radius 3 is 2.55 bits per heavy atom. The molecule has 0 saturated heterocycles. The van der Waals surface area contributed by atoms with Gasteiger partial charge >= 0.3 is 0 Å². The summed E-state index contributed by atoms with van der Waals surface area (Å²) in [4.78, 5) is 15.2. The predicted molar refractivity (Wildman–Crippen MR) is 76.9 cm³/mol. The number of nitro benzene ring substituents is 1. The van der Waals surface area contributed by atoms with Gasteiger partial charge in [0.1, 0.15) is 6.61 Å². The van der Waals surface area contributed by atoms with Gasteiger partial charge in [0.2, 0.25) is 0 Å². The second kappa shape index (κ2) is 6.68. The number of nitrogens with zero attached hydrogens (tertiary/aromatic N) is 2. The fourth-order valence-corrected chi connectivity index (χ4v) is 1.69. The third-order valence-corrected chi connectivity index (χ3v) is 2.93. The van der Waals surface area contributed by atoms with Crippen LogP contribution in [0, 0.1) is 10.1 Å². The third-order valence-electron chi connectivity index (χ3n) is 2.56. The van der Waals surface area contributed by atoms with Crippen molar-refractivity contribution in [2.45, 2.75) is 6.61 Å². The van der Waals surface area contributed by atoms with Crippen molar-refractivity contribution < 1.29 is 9.76 Å². The van der Waals surface area contributed by atoms with E-state index in [4.69, 9.17) is 16.4 Å². The van der Waals surface area contributed by atoms with Crippen LogP contribution in [-0.2, 0) is 11.4 Å². The van der Waals surface area contributed by atoms with E-state index in [1.54, 1.807) is 18.2 Å². The molecule has 0 atom stereocenters. The lowest BCUT2D eigenvalue weighted by molar-refractivity contribution is -0.384. The van der Waals surface area contributed by atoms with E-state index in [0.717, 1.165) is 11.1 Å². The second-order valence-electron chi connectivity index (χ2n) is 3.95. The maximum atomic E-state index is 10.5. The number of benzene rings is 2. The van der Waals surface area contributed by atoms with E-state index < -0.39 is 4.92 Å². The normalized spacial score (nSPS) is 10.7. The van der Waals surface area contributed by atoms with Crippen molar-refractivity contribution >= 4 is 23.5 Å². The number of hydrogen-bond donors (Lipinski definition) is 0. The van der Waals surface area contributed by atoms with E-state index in [9.17, 15) is 10.1 Å². The molecule has 0 aliphatic heterocycles. The van der Waals surface area contributed by atoms with Crippen molar-refractivity contribution in [2.75, 3.05) is 0 Å².